The number of carbonyl (C=O) groups excluding carboxylic acids is 2. The van der Waals surface area contributed by atoms with Crippen LogP contribution in [0, 0.1) is 5.82 Å². The molecule has 1 aromatic carbocycles. The van der Waals surface area contributed by atoms with Gasteiger partial charge in [0.2, 0.25) is 5.91 Å². The standard InChI is InChI=1S/C23H32FN3O2/c1-5-7-15-26(16-21-9-8-14-25(21)4)22(28)17-27(18(3)6-2)23(29)19-10-12-20(24)13-11-19/h8-14,18H,5-7,15-17H2,1-4H3. The van der Waals surface area contributed by atoms with Crippen LogP contribution in [0.5, 0.6) is 0 Å². The number of hydrogen-bond acceptors (Lipinski definition) is 2. The summed E-state index contributed by atoms with van der Waals surface area (Å²) in [4.78, 5) is 29.6. The zero-order valence-corrected chi connectivity index (χ0v) is 17.9. The van der Waals surface area contributed by atoms with Crippen molar-refractivity contribution in [2.45, 2.75) is 52.6 Å². The third-order valence-electron chi connectivity index (χ3n) is 5.32. The quantitative estimate of drug-likeness (QED) is 0.598. The van der Waals surface area contributed by atoms with Crippen molar-refractivity contribution >= 4 is 11.8 Å². The van der Waals surface area contributed by atoms with Crippen molar-refractivity contribution in [1.82, 2.24) is 14.4 Å². The molecule has 0 aliphatic carbocycles. The molecule has 158 valence electrons. The van der Waals surface area contributed by atoms with E-state index < -0.39 is 0 Å². The van der Waals surface area contributed by atoms with Gasteiger partial charge in [-0.1, -0.05) is 20.3 Å². The van der Waals surface area contributed by atoms with E-state index in [0.29, 0.717) is 18.7 Å². The van der Waals surface area contributed by atoms with E-state index in [4.69, 9.17) is 0 Å². The SMILES string of the molecule is CCCCN(Cc1cccn1C)C(=O)CN(C(=O)c1ccc(F)cc1)C(C)CC. The molecule has 2 amide bonds. The highest BCUT2D eigenvalue weighted by Crippen LogP contribution is 2.14. The maximum Gasteiger partial charge on any atom is 0.254 e. The predicted molar refractivity (Wildman–Crippen MR) is 113 cm³/mol. The van der Waals surface area contributed by atoms with E-state index >= 15 is 0 Å². The Bertz CT molecular complexity index is 801. The lowest BCUT2D eigenvalue weighted by Gasteiger charge is -2.31. The fraction of sp³-hybridized carbons (Fsp3) is 0.478. The molecular formula is C23H32FN3O2. The van der Waals surface area contributed by atoms with Crippen LogP contribution in [0.2, 0.25) is 0 Å². The van der Waals surface area contributed by atoms with Crippen molar-refractivity contribution < 1.29 is 14.0 Å². The summed E-state index contributed by atoms with van der Waals surface area (Å²) in [7, 11) is 1.96. The Labute approximate surface area is 173 Å². The highest BCUT2D eigenvalue weighted by Gasteiger charge is 2.26. The number of hydrogen-bond donors (Lipinski definition) is 0. The van der Waals surface area contributed by atoms with Crippen LogP contribution in [0.1, 0.15) is 56.1 Å². The zero-order valence-electron chi connectivity index (χ0n) is 17.9. The maximum absolute atomic E-state index is 13.2. The van der Waals surface area contributed by atoms with E-state index in [2.05, 4.69) is 6.92 Å². The summed E-state index contributed by atoms with van der Waals surface area (Å²) in [6.45, 7) is 7.19. The molecule has 0 aliphatic heterocycles. The van der Waals surface area contributed by atoms with Gasteiger partial charge in [-0.25, -0.2) is 4.39 Å². The van der Waals surface area contributed by atoms with Crippen LogP contribution in [0.25, 0.3) is 0 Å². The minimum Gasteiger partial charge on any atom is -0.353 e. The molecule has 6 heteroatoms. The smallest absolute Gasteiger partial charge is 0.254 e. The molecule has 0 bridgehead atoms. The molecule has 0 spiro atoms. The second kappa shape index (κ2) is 10.8. The van der Waals surface area contributed by atoms with Gasteiger partial charge >= 0.3 is 0 Å². The van der Waals surface area contributed by atoms with Gasteiger partial charge in [0.05, 0.1) is 6.54 Å². The van der Waals surface area contributed by atoms with Gasteiger partial charge in [0, 0.05) is 37.1 Å². The summed E-state index contributed by atoms with van der Waals surface area (Å²) in [5.74, 6) is -0.710. The minimum atomic E-state index is -0.388. The molecule has 1 unspecified atom stereocenters. The molecule has 0 fully saturated rings. The van der Waals surface area contributed by atoms with Crippen molar-refractivity contribution in [3.63, 3.8) is 0 Å². The molecule has 0 N–H and O–H groups in total. The predicted octanol–water partition coefficient (Wildman–Crippen LogP) is 4.23. The third-order valence-corrected chi connectivity index (χ3v) is 5.32. The fourth-order valence-corrected chi connectivity index (χ4v) is 3.15. The van der Waals surface area contributed by atoms with Crippen molar-refractivity contribution in [2.75, 3.05) is 13.1 Å². The van der Waals surface area contributed by atoms with Gasteiger partial charge in [-0.2, -0.15) is 0 Å². The van der Waals surface area contributed by atoms with Gasteiger partial charge in [0.25, 0.3) is 5.91 Å². The Balaban J connectivity index is 2.19. The Hall–Kier alpha value is -2.63. The Morgan fingerprint density at radius 2 is 1.83 bits per heavy atom. The lowest BCUT2D eigenvalue weighted by Crippen LogP contribution is -2.46. The number of halogens is 1. The molecule has 1 aromatic heterocycles. The maximum atomic E-state index is 13.2. The number of carbonyl (C=O) groups is 2. The number of rotatable bonds is 10. The molecule has 0 radical (unpaired) electrons. The third kappa shape index (κ3) is 6.17. The summed E-state index contributed by atoms with van der Waals surface area (Å²) in [6, 6.07) is 9.34. The lowest BCUT2D eigenvalue weighted by atomic mass is 10.1. The van der Waals surface area contributed by atoms with Gasteiger partial charge < -0.3 is 14.4 Å². The molecule has 0 saturated heterocycles. The highest BCUT2D eigenvalue weighted by atomic mass is 19.1. The van der Waals surface area contributed by atoms with E-state index in [1.54, 1.807) is 4.90 Å². The fourth-order valence-electron chi connectivity index (χ4n) is 3.15. The van der Waals surface area contributed by atoms with Gasteiger partial charge in [-0.3, -0.25) is 9.59 Å². The molecule has 2 aromatic rings. The first-order valence-electron chi connectivity index (χ1n) is 10.3. The van der Waals surface area contributed by atoms with Crippen molar-refractivity contribution in [1.29, 1.82) is 0 Å². The van der Waals surface area contributed by atoms with Crippen LogP contribution in [0.4, 0.5) is 4.39 Å². The Morgan fingerprint density at radius 3 is 2.38 bits per heavy atom. The van der Waals surface area contributed by atoms with Crippen LogP contribution in [-0.2, 0) is 18.4 Å². The number of aryl methyl sites for hydroxylation is 1. The summed E-state index contributed by atoms with van der Waals surface area (Å²) in [6.07, 6.45) is 4.58. The number of benzene rings is 1. The first-order chi connectivity index (χ1) is 13.9. The van der Waals surface area contributed by atoms with Crippen molar-refractivity contribution in [2.24, 2.45) is 7.05 Å². The number of nitrogens with zero attached hydrogens (tertiary/aromatic N) is 3. The normalized spacial score (nSPS) is 11.9. The van der Waals surface area contributed by atoms with E-state index in [9.17, 15) is 14.0 Å². The number of aromatic nitrogens is 1. The average molecular weight is 402 g/mol. The Kier molecular flexibility index (Phi) is 8.43. The van der Waals surface area contributed by atoms with E-state index in [1.165, 1.54) is 24.3 Å². The molecule has 1 heterocycles. The van der Waals surface area contributed by atoms with Crippen LogP contribution in [0.3, 0.4) is 0 Å². The zero-order chi connectivity index (χ0) is 21.4. The molecule has 29 heavy (non-hydrogen) atoms. The van der Waals surface area contributed by atoms with Gasteiger partial charge in [0.15, 0.2) is 0 Å². The minimum absolute atomic E-state index is 0.0132. The Morgan fingerprint density at radius 1 is 1.14 bits per heavy atom. The molecular weight excluding hydrogens is 369 g/mol. The van der Waals surface area contributed by atoms with Crippen LogP contribution in [0.15, 0.2) is 42.6 Å². The molecule has 0 saturated carbocycles. The summed E-state index contributed by atoms with van der Waals surface area (Å²) in [5, 5.41) is 0. The second-order valence-corrected chi connectivity index (χ2v) is 7.48. The van der Waals surface area contributed by atoms with Crippen LogP contribution >= 0.6 is 0 Å². The van der Waals surface area contributed by atoms with Crippen LogP contribution in [-0.4, -0.2) is 45.3 Å². The summed E-state index contributed by atoms with van der Waals surface area (Å²) < 4.78 is 15.2. The van der Waals surface area contributed by atoms with Crippen molar-refractivity contribution in [3.8, 4) is 0 Å². The lowest BCUT2D eigenvalue weighted by molar-refractivity contribution is -0.133. The van der Waals surface area contributed by atoms with Gasteiger partial charge in [0.1, 0.15) is 12.4 Å². The molecule has 0 aliphatic rings. The monoisotopic (exact) mass is 401 g/mol. The summed E-state index contributed by atoms with van der Waals surface area (Å²) in [5.41, 5.74) is 1.44. The average Bonchev–Trinajstić information content (AvgIpc) is 3.13. The topological polar surface area (TPSA) is 45.6 Å². The van der Waals surface area contributed by atoms with E-state index in [1.807, 2.05) is 48.7 Å². The van der Waals surface area contributed by atoms with Gasteiger partial charge in [-0.05, 0) is 56.2 Å². The largest absolute Gasteiger partial charge is 0.353 e. The summed E-state index contributed by atoms with van der Waals surface area (Å²) >= 11 is 0. The van der Waals surface area contributed by atoms with Gasteiger partial charge in [-0.15, -0.1) is 0 Å². The molecule has 5 nitrogen and oxygen atoms in total. The molecule has 1 atom stereocenters. The van der Waals surface area contributed by atoms with E-state index in [-0.39, 0.29) is 30.2 Å². The van der Waals surface area contributed by atoms with Crippen molar-refractivity contribution in [3.05, 3.63) is 59.7 Å². The first kappa shape index (κ1) is 22.7. The second-order valence-electron chi connectivity index (χ2n) is 7.48. The number of amides is 2. The molecule has 2 rings (SSSR count). The highest BCUT2D eigenvalue weighted by molar-refractivity contribution is 5.96. The number of unbranched alkanes of at least 4 members (excludes halogenated alkanes) is 1. The first-order valence-corrected chi connectivity index (χ1v) is 10.3. The van der Waals surface area contributed by atoms with E-state index in [0.717, 1.165) is 25.0 Å². The van der Waals surface area contributed by atoms with Crippen LogP contribution < -0.4 is 0 Å².